The van der Waals surface area contributed by atoms with E-state index in [1.54, 1.807) is 23.9 Å². The molecule has 1 heterocycles. The third kappa shape index (κ3) is 5.47. The first-order valence-corrected chi connectivity index (χ1v) is 16.2. The molecule has 4 N–H and O–H groups in total. The van der Waals surface area contributed by atoms with Crippen molar-refractivity contribution in [1.29, 1.82) is 0 Å². The molecule has 0 radical (unpaired) electrons. The zero-order valence-electron chi connectivity index (χ0n) is 24.0. The van der Waals surface area contributed by atoms with E-state index in [-0.39, 0.29) is 27.3 Å². The van der Waals surface area contributed by atoms with Crippen molar-refractivity contribution in [3.05, 3.63) is 76.6 Å². The molecule has 41 heavy (non-hydrogen) atoms. The van der Waals surface area contributed by atoms with Gasteiger partial charge in [0.1, 0.15) is 0 Å². The average molecular weight is 593 g/mol. The van der Waals surface area contributed by atoms with Crippen molar-refractivity contribution in [2.75, 3.05) is 11.2 Å². The van der Waals surface area contributed by atoms with Crippen LogP contribution in [0.2, 0.25) is 0 Å². The highest BCUT2D eigenvalue weighted by Crippen LogP contribution is 2.55. The quantitative estimate of drug-likeness (QED) is 0.273. The van der Waals surface area contributed by atoms with E-state index in [9.17, 15) is 18.0 Å². The number of carbonyl (C=O) groups is 2. The molecule has 0 saturated heterocycles. The zero-order chi connectivity index (χ0) is 29.9. The molecule has 3 aliphatic rings. The van der Waals surface area contributed by atoms with Crippen LogP contribution in [0.1, 0.15) is 64.9 Å². The highest BCUT2D eigenvalue weighted by molar-refractivity contribution is 7.98. The van der Waals surface area contributed by atoms with E-state index in [0.717, 1.165) is 21.9 Å². The predicted molar refractivity (Wildman–Crippen MR) is 163 cm³/mol. The van der Waals surface area contributed by atoms with Crippen LogP contribution in [0.3, 0.4) is 0 Å². The van der Waals surface area contributed by atoms with Gasteiger partial charge in [-0.2, -0.15) is 8.42 Å². The number of rotatable bonds is 5. The van der Waals surface area contributed by atoms with Crippen LogP contribution in [0.25, 0.3) is 0 Å². The number of allylic oxidation sites excluding steroid dienone is 4. The van der Waals surface area contributed by atoms with Gasteiger partial charge in [-0.05, 0) is 71.9 Å². The maximum absolute atomic E-state index is 14.0. The Kier molecular flexibility index (Phi) is 7.22. The molecule has 0 amide bonds. The number of benzene rings is 2. The molecule has 10 heteroatoms. The van der Waals surface area contributed by atoms with Gasteiger partial charge in [-0.1, -0.05) is 39.8 Å². The van der Waals surface area contributed by atoms with Gasteiger partial charge in [0.25, 0.3) is 10.0 Å². The van der Waals surface area contributed by atoms with E-state index >= 15 is 0 Å². The molecule has 5 rings (SSSR count). The van der Waals surface area contributed by atoms with E-state index in [1.165, 1.54) is 12.1 Å². The number of hydrogen-bond donors (Lipinski definition) is 2. The second-order valence-electron chi connectivity index (χ2n) is 12.6. The fourth-order valence-corrected chi connectivity index (χ4v) is 7.64. The van der Waals surface area contributed by atoms with Crippen LogP contribution >= 0.6 is 11.8 Å². The molecule has 0 atom stereocenters. The van der Waals surface area contributed by atoms with Crippen molar-refractivity contribution in [3.63, 3.8) is 0 Å². The minimum absolute atomic E-state index is 0.0383. The minimum atomic E-state index is -4.07. The van der Waals surface area contributed by atoms with Crippen LogP contribution in [-0.4, -0.2) is 32.2 Å². The van der Waals surface area contributed by atoms with E-state index in [4.69, 9.17) is 11.5 Å². The van der Waals surface area contributed by atoms with Crippen molar-refractivity contribution >= 4 is 45.0 Å². The van der Waals surface area contributed by atoms with Gasteiger partial charge in [-0.15, -0.1) is 16.2 Å². The normalized spacial score (nSPS) is 20.6. The predicted octanol–water partition coefficient (Wildman–Crippen LogP) is 5.26. The Balaban J connectivity index is 1.76. The summed E-state index contributed by atoms with van der Waals surface area (Å²) >= 11 is 1.64. The van der Waals surface area contributed by atoms with Crippen LogP contribution < -0.4 is 16.4 Å². The summed E-state index contributed by atoms with van der Waals surface area (Å²) in [6, 6.07) is 14.4. The topological polar surface area (TPSA) is 136 Å². The van der Waals surface area contributed by atoms with E-state index < -0.39 is 21.9 Å². The zero-order valence-corrected chi connectivity index (χ0v) is 25.7. The van der Waals surface area contributed by atoms with Crippen molar-refractivity contribution < 1.29 is 18.0 Å². The van der Waals surface area contributed by atoms with E-state index in [1.807, 2.05) is 35.4 Å². The number of hydrogen-bond acceptors (Lipinski definition) is 6. The van der Waals surface area contributed by atoms with Gasteiger partial charge in [0, 0.05) is 51.9 Å². The lowest BCUT2D eigenvalue weighted by Crippen LogP contribution is -2.44. The molecule has 2 aliphatic carbocycles. The van der Waals surface area contributed by atoms with Crippen LogP contribution in [0.15, 0.2) is 85.3 Å². The Hall–Kier alpha value is -3.37. The molecule has 0 aromatic heterocycles. The maximum atomic E-state index is 14.0. The van der Waals surface area contributed by atoms with Gasteiger partial charge >= 0.3 is 0 Å². The third-order valence-corrected chi connectivity index (χ3v) is 10.0. The molecule has 8 nitrogen and oxygen atoms in total. The monoisotopic (exact) mass is 592 g/mol. The van der Waals surface area contributed by atoms with Crippen molar-refractivity contribution in [2.24, 2.45) is 26.7 Å². The molecule has 0 unspecified atom stereocenters. The minimum Gasteiger partial charge on any atom is -0.369 e. The van der Waals surface area contributed by atoms with Crippen LogP contribution in [-0.2, 0) is 19.6 Å². The SMILES string of the molecule is CSc1ccc(C2C3=C(CC(C)(C)CC3=O)N(c3ccc(S(=O)(=O)N=C(N)N)cc3)C3=C2C(=O)CC(C)(C)C3)cc1. The summed E-state index contributed by atoms with van der Waals surface area (Å²) in [5, 5.41) is 0. The summed E-state index contributed by atoms with van der Waals surface area (Å²) in [6.07, 6.45) is 4.05. The number of carbonyl (C=O) groups excluding carboxylic acids is 2. The van der Waals surface area contributed by atoms with Crippen LogP contribution in [0.4, 0.5) is 5.69 Å². The molecule has 2 aromatic carbocycles. The second kappa shape index (κ2) is 10.2. The number of guanidine groups is 1. The van der Waals surface area contributed by atoms with Crippen molar-refractivity contribution in [3.8, 4) is 0 Å². The largest absolute Gasteiger partial charge is 0.369 e. The number of thioether (sulfide) groups is 1. The lowest BCUT2D eigenvalue weighted by atomic mass is 9.63. The summed E-state index contributed by atoms with van der Waals surface area (Å²) in [6.45, 7) is 8.33. The maximum Gasteiger partial charge on any atom is 0.285 e. The summed E-state index contributed by atoms with van der Waals surface area (Å²) in [7, 11) is -4.07. The first kappa shape index (κ1) is 29.1. The fourth-order valence-electron chi connectivity index (χ4n) is 6.37. The Morgan fingerprint density at radius 1 is 0.829 bits per heavy atom. The lowest BCUT2D eigenvalue weighted by Gasteiger charge is -2.49. The number of Topliss-reactive ketones (excluding diaryl/α,β-unsaturated/α-hetero) is 2. The van der Waals surface area contributed by atoms with Gasteiger partial charge < -0.3 is 16.4 Å². The average Bonchev–Trinajstić information content (AvgIpc) is 2.85. The summed E-state index contributed by atoms with van der Waals surface area (Å²) in [4.78, 5) is 31.1. The highest BCUT2D eigenvalue weighted by atomic mass is 32.2. The molecule has 2 aromatic rings. The molecule has 0 saturated carbocycles. The lowest BCUT2D eigenvalue weighted by molar-refractivity contribution is -0.119. The molecule has 0 spiro atoms. The Labute approximate surface area is 246 Å². The molecular formula is C31H36N4O4S2. The number of anilines is 1. The Morgan fingerprint density at radius 3 is 1.76 bits per heavy atom. The van der Waals surface area contributed by atoms with Gasteiger partial charge in [0.2, 0.25) is 5.96 Å². The number of nitrogens with zero attached hydrogens (tertiary/aromatic N) is 2. The third-order valence-electron chi connectivity index (χ3n) is 7.98. The second-order valence-corrected chi connectivity index (χ2v) is 15.1. The number of sulfonamides is 1. The molecule has 0 fully saturated rings. The molecule has 216 valence electrons. The molecule has 0 bridgehead atoms. The Morgan fingerprint density at radius 2 is 1.32 bits per heavy atom. The molecular weight excluding hydrogens is 556 g/mol. The fraction of sp³-hybridized carbons (Fsp3) is 0.387. The smallest absolute Gasteiger partial charge is 0.285 e. The Bertz CT molecular complexity index is 1580. The molecule has 1 aliphatic heterocycles. The first-order valence-electron chi connectivity index (χ1n) is 13.5. The van der Waals surface area contributed by atoms with Gasteiger partial charge in [0.15, 0.2) is 11.6 Å². The van der Waals surface area contributed by atoms with Gasteiger partial charge in [0.05, 0.1) is 4.90 Å². The van der Waals surface area contributed by atoms with Crippen molar-refractivity contribution in [1.82, 2.24) is 0 Å². The van der Waals surface area contributed by atoms with E-state index in [2.05, 4.69) is 32.1 Å². The highest BCUT2D eigenvalue weighted by Gasteiger charge is 2.49. The van der Waals surface area contributed by atoms with Gasteiger partial charge in [-0.25, -0.2) is 0 Å². The number of ketones is 2. The van der Waals surface area contributed by atoms with E-state index in [0.29, 0.717) is 42.5 Å². The number of nitrogens with two attached hydrogens (primary N) is 2. The van der Waals surface area contributed by atoms with Gasteiger partial charge in [-0.3, -0.25) is 9.59 Å². The summed E-state index contributed by atoms with van der Waals surface area (Å²) in [5.74, 6) is -0.911. The summed E-state index contributed by atoms with van der Waals surface area (Å²) < 4.78 is 28.6. The standard InChI is InChI=1S/C31H36N4O4S2/c1-30(2)14-22-27(24(36)16-30)26(18-6-10-20(40-5)11-7-18)28-23(15-31(3,4)17-25(28)37)35(22)19-8-12-21(13-9-19)41(38,39)34-29(32)33/h6-13,26H,14-17H2,1-5H3,(H4,32,33,34). The summed E-state index contributed by atoms with van der Waals surface area (Å²) in [5.41, 5.74) is 14.7. The first-order chi connectivity index (χ1) is 19.1. The van der Waals surface area contributed by atoms with Crippen LogP contribution in [0.5, 0.6) is 0 Å². The van der Waals surface area contributed by atoms with Crippen molar-refractivity contribution in [2.45, 2.75) is 69.1 Å². The van der Waals surface area contributed by atoms with Crippen LogP contribution in [0, 0.1) is 10.8 Å².